The number of nitrogens with one attached hydrogen (secondary N) is 2. The molecule has 0 unspecified atom stereocenters. The number of nitrogens with two attached hydrogens (primary N) is 1. The molecule has 0 amide bonds. The summed E-state index contributed by atoms with van der Waals surface area (Å²) in [5.41, 5.74) is 5.81. The lowest BCUT2D eigenvalue weighted by atomic mass is 10.4. The largest absolute Gasteiger partial charge is 0.726 e. The van der Waals surface area contributed by atoms with Gasteiger partial charge >= 0.3 is 11.5 Å². The first-order chi connectivity index (χ1) is 6.61. The third-order valence-corrected chi connectivity index (χ3v) is 2.05. The highest BCUT2D eigenvalue weighted by Crippen LogP contribution is 2.02. The second kappa shape index (κ2) is 5.21. The van der Waals surface area contributed by atoms with E-state index in [1.165, 1.54) is 0 Å². The van der Waals surface area contributed by atoms with E-state index in [2.05, 4.69) is 25.9 Å². The smallest absolute Gasteiger partial charge is 0.353 e. The lowest BCUT2D eigenvalue weighted by Gasteiger charge is -1.90. The molecule has 86 valence electrons. The van der Waals surface area contributed by atoms with E-state index >= 15 is 0 Å². The average molecular weight is 302 g/mol. The van der Waals surface area contributed by atoms with Gasteiger partial charge in [-0.05, 0) is 22.9 Å². The van der Waals surface area contributed by atoms with Crippen molar-refractivity contribution in [3.8, 4) is 0 Å². The van der Waals surface area contributed by atoms with E-state index in [1.807, 2.05) is 0 Å². The number of aromatic nitrogens is 2. The quantitative estimate of drug-likeness (QED) is 0.406. The van der Waals surface area contributed by atoms with Crippen molar-refractivity contribution in [2.24, 2.45) is 0 Å². The van der Waals surface area contributed by atoms with Crippen molar-refractivity contribution >= 4 is 32.3 Å². The van der Waals surface area contributed by atoms with Crippen LogP contribution >= 0.6 is 15.9 Å². The summed E-state index contributed by atoms with van der Waals surface area (Å²) < 4.78 is 33.3. The normalized spacial score (nSPS) is 10.4. The van der Waals surface area contributed by atoms with Crippen molar-refractivity contribution in [2.45, 2.75) is 6.92 Å². The van der Waals surface area contributed by atoms with E-state index in [0.29, 0.717) is 4.47 Å². The van der Waals surface area contributed by atoms with Crippen LogP contribution in [-0.2, 0) is 10.4 Å². The van der Waals surface area contributed by atoms with Crippen LogP contribution in [0.1, 0.15) is 5.69 Å². The van der Waals surface area contributed by atoms with E-state index < -0.39 is 10.4 Å². The van der Waals surface area contributed by atoms with Crippen LogP contribution in [0.3, 0.4) is 0 Å². The Morgan fingerprint density at radius 3 is 2.33 bits per heavy atom. The molecule has 1 aromatic rings. The van der Waals surface area contributed by atoms with Crippen molar-refractivity contribution in [2.75, 3.05) is 5.73 Å². The van der Waals surface area contributed by atoms with Crippen LogP contribution in [0.4, 0.5) is 5.95 Å². The van der Waals surface area contributed by atoms with Gasteiger partial charge < -0.3 is 4.55 Å². The summed E-state index contributed by atoms with van der Waals surface area (Å²) >= 11 is 3.08. The van der Waals surface area contributed by atoms with Gasteiger partial charge in [0.25, 0.3) is 0 Å². The summed E-state index contributed by atoms with van der Waals surface area (Å²) in [5.74, 6) is 0.269. The lowest BCUT2D eigenvalue weighted by Crippen LogP contribution is -2.24. The van der Waals surface area contributed by atoms with Crippen LogP contribution in [0.15, 0.2) is 9.27 Å². The first-order valence-electron chi connectivity index (χ1n) is 3.36. The Balaban J connectivity index is 0.000000336. The van der Waals surface area contributed by atoms with Crippen LogP contribution < -0.4 is 16.3 Å². The summed E-state index contributed by atoms with van der Waals surface area (Å²) in [6, 6.07) is 0. The Labute approximate surface area is 93.2 Å². The summed E-state index contributed by atoms with van der Waals surface area (Å²) in [5, 5.41) is 0. The van der Waals surface area contributed by atoms with Gasteiger partial charge in [-0.1, -0.05) is 0 Å². The first-order valence-corrected chi connectivity index (χ1v) is 5.52. The Bertz CT molecular complexity index is 488. The molecule has 0 radical (unpaired) electrons. The third-order valence-electron chi connectivity index (χ3n) is 1.10. The van der Waals surface area contributed by atoms with Gasteiger partial charge in [0.15, 0.2) is 0 Å². The van der Waals surface area contributed by atoms with Gasteiger partial charge in [-0.15, -0.1) is 0 Å². The minimum atomic E-state index is -4.92. The van der Waals surface area contributed by atoms with Crippen molar-refractivity contribution < 1.29 is 22.5 Å². The summed E-state index contributed by atoms with van der Waals surface area (Å²) in [7, 11) is -4.92. The molecule has 0 spiro atoms. The molecule has 0 saturated carbocycles. The molecule has 0 aromatic carbocycles. The third kappa shape index (κ3) is 7.02. The monoisotopic (exact) mass is 301 g/mol. The number of rotatable bonds is 0. The van der Waals surface area contributed by atoms with E-state index in [-0.39, 0.29) is 11.5 Å². The molecule has 1 rings (SSSR count). The molecular formula is C5H8BrN3O5S. The van der Waals surface area contributed by atoms with Crippen molar-refractivity contribution in [1.82, 2.24) is 4.98 Å². The Morgan fingerprint density at radius 2 is 2.00 bits per heavy atom. The molecule has 0 fully saturated rings. The van der Waals surface area contributed by atoms with Crippen LogP contribution in [-0.4, -0.2) is 22.5 Å². The second-order valence-corrected chi connectivity index (χ2v) is 4.01. The molecule has 1 aromatic heterocycles. The van der Waals surface area contributed by atoms with Gasteiger partial charge in [0.2, 0.25) is 10.4 Å². The summed E-state index contributed by atoms with van der Waals surface area (Å²) in [6.45, 7) is 1.76. The SMILES string of the molecule is Cc1[nH+]c(N)[nH]c(=O)c1Br.O=S(=O)([O-])O. The molecule has 0 aliphatic heterocycles. The number of aryl methyl sites for hydroxylation is 1. The van der Waals surface area contributed by atoms with Crippen LogP contribution in [0.25, 0.3) is 0 Å². The van der Waals surface area contributed by atoms with Crippen LogP contribution in [0.5, 0.6) is 0 Å². The van der Waals surface area contributed by atoms with Gasteiger partial charge in [0, 0.05) is 0 Å². The zero-order chi connectivity index (χ0) is 12.2. The van der Waals surface area contributed by atoms with Gasteiger partial charge in [-0.3, -0.25) is 10.3 Å². The molecule has 0 bridgehead atoms. The predicted octanol–water partition coefficient (Wildman–Crippen LogP) is -1.15. The maximum atomic E-state index is 10.9. The van der Waals surface area contributed by atoms with Gasteiger partial charge in [-0.25, -0.2) is 23.2 Å². The highest BCUT2D eigenvalue weighted by Gasteiger charge is 2.05. The van der Waals surface area contributed by atoms with Gasteiger partial charge in [-0.2, -0.15) is 0 Å². The minimum Gasteiger partial charge on any atom is -0.726 e. The molecule has 0 aliphatic rings. The summed E-state index contributed by atoms with van der Waals surface area (Å²) in [4.78, 5) is 16.0. The van der Waals surface area contributed by atoms with Gasteiger partial charge in [0.05, 0.1) is 5.69 Å². The number of hydrogen-bond acceptors (Lipinski definition) is 5. The number of hydrogen-bond donors (Lipinski definition) is 3. The maximum absolute atomic E-state index is 10.9. The molecule has 0 aliphatic carbocycles. The molecule has 0 saturated heterocycles. The van der Waals surface area contributed by atoms with Crippen molar-refractivity contribution in [3.05, 3.63) is 20.5 Å². The Morgan fingerprint density at radius 1 is 1.60 bits per heavy atom. The second-order valence-electron chi connectivity index (χ2n) is 2.36. The first kappa shape index (κ1) is 14.0. The minimum absolute atomic E-state index is 0.214. The molecule has 5 N–H and O–H groups in total. The number of aromatic amines is 2. The zero-order valence-electron chi connectivity index (χ0n) is 7.44. The molecule has 8 nitrogen and oxygen atoms in total. The number of anilines is 1. The standard InChI is InChI=1S/C5H6BrN3O.H2O4S/c1-2-3(6)4(10)9-5(7)8-2;1-5(2,3)4/h1H3,(H3,7,8,9,10);(H2,1,2,3,4). The van der Waals surface area contributed by atoms with E-state index in [1.54, 1.807) is 6.92 Å². The zero-order valence-corrected chi connectivity index (χ0v) is 9.85. The molecule has 15 heavy (non-hydrogen) atoms. The maximum Gasteiger partial charge on any atom is 0.353 e. The molecular weight excluding hydrogens is 294 g/mol. The van der Waals surface area contributed by atoms with Crippen LogP contribution in [0, 0.1) is 6.92 Å². The molecule has 1 heterocycles. The van der Waals surface area contributed by atoms with Crippen molar-refractivity contribution in [1.29, 1.82) is 0 Å². The number of H-pyrrole nitrogens is 2. The van der Waals surface area contributed by atoms with Gasteiger partial charge in [0.1, 0.15) is 4.47 Å². The summed E-state index contributed by atoms with van der Waals surface area (Å²) in [6.07, 6.45) is 0. The fraction of sp³-hybridized carbons (Fsp3) is 0.200. The fourth-order valence-corrected chi connectivity index (χ4v) is 0.834. The van der Waals surface area contributed by atoms with Crippen LogP contribution in [0.2, 0.25) is 0 Å². The number of nitrogen functional groups attached to an aromatic ring is 1. The highest BCUT2D eigenvalue weighted by molar-refractivity contribution is 9.10. The van der Waals surface area contributed by atoms with E-state index in [4.69, 9.17) is 23.3 Å². The fourth-order valence-electron chi connectivity index (χ4n) is 0.636. The van der Waals surface area contributed by atoms with E-state index in [9.17, 15) is 4.79 Å². The van der Waals surface area contributed by atoms with Crippen molar-refractivity contribution in [3.63, 3.8) is 0 Å². The molecule has 0 atom stereocenters. The number of halogens is 1. The highest BCUT2D eigenvalue weighted by atomic mass is 79.9. The van der Waals surface area contributed by atoms with E-state index in [0.717, 1.165) is 5.69 Å². The lowest BCUT2D eigenvalue weighted by molar-refractivity contribution is -0.375. The predicted molar refractivity (Wildman–Crippen MR) is 52.8 cm³/mol. The average Bonchev–Trinajstić information content (AvgIpc) is 1.96. The Hall–Kier alpha value is -0.970. The Kier molecular flexibility index (Phi) is 4.87. The topological polar surface area (TPSA) is 150 Å². The molecule has 10 heteroatoms.